The summed E-state index contributed by atoms with van der Waals surface area (Å²) in [6.07, 6.45) is -10.9. The number of likely N-dealkylation sites (tertiary alicyclic amines) is 2. The maximum Gasteiger partial charge on any atom is 0.436 e. The topological polar surface area (TPSA) is 175 Å². The van der Waals surface area contributed by atoms with Crippen LogP contribution in [-0.4, -0.2) is 93.1 Å². The maximum absolute atomic E-state index is 14.5. The number of aromatic amines is 2. The van der Waals surface area contributed by atoms with Crippen molar-refractivity contribution in [3.05, 3.63) is 58.6 Å². The highest BCUT2D eigenvalue weighted by Crippen LogP contribution is 2.41. The Labute approximate surface area is 342 Å². The van der Waals surface area contributed by atoms with Crippen LogP contribution < -0.4 is 10.6 Å². The van der Waals surface area contributed by atoms with Gasteiger partial charge in [-0.1, -0.05) is 59.6 Å². The highest BCUT2D eigenvalue weighted by molar-refractivity contribution is 5.87. The summed E-state index contributed by atoms with van der Waals surface area (Å²) in [6, 6.07) is 1.47. The number of imidazole rings is 2. The van der Waals surface area contributed by atoms with Crippen LogP contribution in [0.15, 0.2) is 24.3 Å². The second kappa shape index (κ2) is 17.9. The molecule has 0 saturated carbocycles. The first-order valence-electron chi connectivity index (χ1n) is 19.3. The van der Waals surface area contributed by atoms with Crippen LogP contribution in [0.3, 0.4) is 0 Å². The van der Waals surface area contributed by atoms with Crippen molar-refractivity contribution < 1.29 is 55.0 Å². The van der Waals surface area contributed by atoms with Crippen molar-refractivity contribution >= 4 is 24.0 Å². The van der Waals surface area contributed by atoms with E-state index in [1.165, 1.54) is 34.1 Å². The molecule has 0 unspecified atom stereocenters. The summed E-state index contributed by atoms with van der Waals surface area (Å²) in [5, 5.41) is 5.00. The Morgan fingerprint density at radius 3 is 1.62 bits per heavy atom. The van der Waals surface area contributed by atoms with E-state index in [1.807, 2.05) is 13.8 Å². The van der Waals surface area contributed by atoms with E-state index in [2.05, 4.69) is 51.9 Å². The van der Waals surface area contributed by atoms with Crippen LogP contribution in [0, 0.1) is 35.5 Å². The van der Waals surface area contributed by atoms with Gasteiger partial charge in [-0.25, -0.2) is 19.6 Å². The Balaban J connectivity index is 1.44. The number of carbonyl (C=O) groups excluding carboxylic acids is 4. The molecule has 2 fully saturated rings. The minimum absolute atomic E-state index is 0.0213. The lowest BCUT2D eigenvalue weighted by Gasteiger charge is -2.30. The minimum Gasteiger partial charge on any atom is -0.453 e. The normalized spacial score (nSPS) is 20.5. The summed E-state index contributed by atoms with van der Waals surface area (Å²) in [6.45, 7) is 10.9. The van der Waals surface area contributed by atoms with Gasteiger partial charge in [0, 0.05) is 24.2 Å². The Morgan fingerprint density at radius 1 is 0.733 bits per heavy atom. The molecule has 3 aromatic rings. The zero-order valence-corrected chi connectivity index (χ0v) is 34.3. The summed E-state index contributed by atoms with van der Waals surface area (Å²) in [7, 11) is 2.29. The van der Waals surface area contributed by atoms with Gasteiger partial charge in [-0.15, -0.1) is 0 Å². The number of nitrogens with zero attached hydrogens (tertiary/aromatic N) is 4. The van der Waals surface area contributed by atoms with E-state index in [4.69, 9.17) is 0 Å². The van der Waals surface area contributed by atoms with E-state index in [9.17, 15) is 45.5 Å². The first-order valence-corrected chi connectivity index (χ1v) is 19.3. The molecule has 2 saturated heterocycles. The molecular weight excluding hydrogens is 802 g/mol. The van der Waals surface area contributed by atoms with E-state index in [0.717, 1.165) is 14.2 Å². The lowest BCUT2D eigenvalue weighted by atomic mass is 10.0. The Hall–Kier alpha value is -5.74. The molecule has 0 aliphatic carbocycles. The molecule has 14 nitrogen and oxygen atoms in total. The number of carbonyl (C=O) groups is 4. The fraction of sp³-hybridized carbons (Fsp3) is 0.550. The quantitative estimate of drug-likeness (QED) is 0.134. The fourth-order valence-electron chi connectivity index (χ4n) is 7.51. The molecule has 1 aromatic carbocycles. The highest BCUT2D eigenvalue weighted by atomic mass is 19.4. The lowest BCUT2D eigenvalue weighted by molar-refractivity contribution is -0.141. The number of halogens is 6. The number of H-pyrrole nitrogens is 2. The number of rotatable bonds is 9. The second-order valence-electron chi connectivity index (χ2n) is 15.9. The molecule has 4 N–H and O–H groups in total. The van der Waals surface area contributed by atoms with Crippen LogP contribution in [0.2, 0.25) is 0 Å². The molecule has 20 heteroatoms. The predicted octanol–water partition coefficient (Wildman–Crippen LogP) is 6.82. The number of amides is 4. The smallest absolute Gasteiger partial charge is 0.436 e. The van der Waals surface area contributed by atoms with Crippen LogP contribution in [0.4, 0.5) is 35.9 Å². The van der Waals surface area contributed by atoms with Crippen molar-refractivity contribution in [2.24, 2.45) is 23.7 Å². The fourth-order valence-corrected chi connectivity index (χ4v) is 7.51. The van der Waals surface area contributed by atoms with Crippen LogP contribution in [0.5, 0.6) is 0 Å². The van der Waals surface area contributed by atoms with E-state index < -0.39 is 83.3 Å². The van der Waals surface area contributed by atoms with Crippen LogP contribution in [-0.2, 0) is 31.4 Å². The molecule has 2 aliphatic heterocycles. The summed E-state index contributed by atoms with van der Waals surface area (Å²) < 4.78 is 95.6. The van der Waals surface area contributed by atoms with Crippen LogP contribution in [0.1, 0.15) is 101 Å². The van der Waals surface area contributed by atoms with Crippen LogP contribution >= 0.6 is 0 Å². The number of alkyl carbamates (subject to hydrolysis) is 2. The molecule has 4 amide bonds. The SMILES string of the molecule is COC(=O)N[C@H](C(=O)N1C[C@@H](C)C[C@H]1c1nc(C(F)(F)F)c(C#Cc2ccc(-c3nc([C@@H]4C[C@H](C)CN4C(=O)[C@@H](NC(=O)OC)C(C)C)[nH]c3C(F)(F)F)cc2)[nH]1)C(C)C. The van der Waals surface area contributed by atoms with Crippen molar-refractivity contribution in [1.82, 2.24) is 40.4 Å². The van der Waals surface area contributed by atoms with Gasteiger partial charge in [0.2, 0.25) is 11.8 Å². The average molecular weight is 851 g/mol. The van der Waals surface area contributed by atoms with Crippen molar-refractivity contribution in [1.29, 1.82) is 0 Å². The first kappa shape index (κ1) is 45.3. The molecule has 0 radical (unpaired) electrons. The van der Waals surface area contributed by atoms with Crippen LogP contribution in [0.25, 0.3) is 11.3 Å². The maximum atomic E-state index is 14.5. The molecule has 0 spiro atoms. The van der Waals surface area contributed by atoms with Crippen molar-refractivity contribution in [3.63, 3.8) is 0 Å². The monoisotopic (exact) mass is 850 g/mol. The molecule has 326 valence electrons. The average Bonchev–Trinajstić information content (AvgIpc) is 3.98. The summed E-state index contributed by atoms with van der Waals surface area (Å²) in [4.78, 5) is 67.3. The third-order valence-corrected chi connectivity index (χ3v) is 10.5. The number of methoxy groups -OCH3 is 2. The molecule has 6 atom stereocenters. The zero-order chi connectivity index (χ0) is 44.4. The van der Waals surface area contributed by atoms with Gasteiger partial charge in [0.25, 0.3) is 0 Å². The van der Waals surface area contributed by atoms with E-state index >= 15 is 0 Å². The number of hydrogen-bond donors (Lipinski definition) is 4. The number of benzene rings is 1. The van der Waals surface area contributed by atoms with E-state index in [-0.39, 0.29) is 66.0 Å². The van der Waals surface area contributed by atoms with Gasteiger partial charge in [-0.2, -0.15) is 26.3 Å². The molecule has 2 aromatic heterocycles. The number of aromatic nitrogens is 4. The lowest BCUT2D eigenvalue weighted by Crippen LogP contribution is -2.51. The summed E-state index contributed by atoms with van der Waals surface area (Å²) in [5.74, 6) is 2.83. The van der Waals surface area contributed by atoms with Gasteiger partial charge in [0.15, 0.2) is 5.69 Å². The number of nitrogens with one attached hydrogen (secondary N) is 4. The molecule has 5 rings (SSSR count). The number of ether oxygens (including phenoxy) is 2. The minimum atomic E-state index is -4.94. The Bertz CT molecular complexity index is 2120. The molecule has 2 aliphatic rings. The van der Waals surface area contributed by atoms with Crippen molar-refractivity contribution in [2.45, 2.75) is 90.9 Å². The van der Waals surface area contributed by atoms with Gasteiger partial charge in [0.1, 0.15) is 40.8 Å². The molecule has 4 heterocycles. The van der Waals surface area contributed by atoms with Gasteiger partial charge >= 0.3 is 24.5 Å². The van der Waals surface area contributed by atoms with Gasteiger partial charge < -0.3 is 39.9 Å². The largest absolute Gasteiger partial charge is 0.453 e. The Kier molecular flexibility index (Phi) is 13.5. The standard InChI is InChI=1S/C40H48F6N8O6/c1-19(2)28(49-37(57)59-7)35(55)53-17-21(5)15-26(53)33-47-25(31(51-33)39(41,42)43)14-11-23-9-12-24(13-10-23)30-32(40(44,45)46)52-34(48-30)27-16-22(6)18-54(27)36(56)29(20(3)4)50-38(58)60-8/h9-10,12-13,19-22,26-29H,15-18H2,1-8H3,(H,47,51)(H,48,52)(H,49,57)(H,50,58)/t21-,22-,26-,27-,28-,29-/m0/s1. The number of hydrogen-bond acceptors (Lipinski definition) is 8. The van der Waals surface area contributed by atoms with Crippen molar-refractivity contribution in [2.75, 3.05) is 27.3 Å². The molecular formula is C40H48F6N8O6. The van der Waals surface area contributed by atoms with E-state index in [0.29, 0.717) is 6.42 Å². The summed E-state index contributed by atoms with van der Waals surface area (Å²) >= 11 is 0. The van der Waals surface area contributed by atoms with Gasteiger partial charge in [-0.3, -0.25) is 9.59 Å². The van der Waals surface area contributed by atoms with Gasteiger partial charge in [-0.05, 0) is 54.6 Å². The Morgan fingerprint density at radius 2 is 1.20 bits per heavy atom. The third kappa shape index (κ3) is 9.99. The highest BCUT2D eigenvalue weighted by Gasteiger charge is 2.45. The first-order chi connectivity index (χ1) is 28.0. The summed E-state index contributed by atoms with van der Waals surface area (Å²) in [5.41, 5.74) is -3.33. The van der Waals surface area contributed by atoms with Gasteiger partial charge in [0.05, 0.1) is 26.3 Å². The number of alkyl halides is 6. The molecule has 0 bridgehead atoms. The second-order valence-corrected chi connectivity index (χ2v) is 15.9. The zero-order valence-electron chi connectivity index (χ0n) is 34.3. The predicted molar refractivity (Wildman–Crippen MR) is 203 cm³/mol. The molecule has 60 heavy (non-hydrogen) atoms. The van der Waals surface area contributed by atoms with Crippen molar-refractivity contribution in [3.8, 4) is 23.1 Å². The van der Waals surface area contributed by atoms with E-state index in [1.54, 1.807) is 27.7 Å². The third-order valence-electron chi connectivity index (χ3n) is 10.5.